The first-order chi connectivity index (χ1) is 15.9. The summed E-state index contributed by atoms with van der Waals surface area (Å²) in [6.45, 7) is 0.703. The molecule has 0 spiro atoms. The van der Waals surface area contributed by atoms with Crippen LogP contribution in [0.1, 0.15) is 76.2 Å². The van der Waals surface area contributed by atoms with E-state index in [-0.39, 0.29) is 11.1 Å². The number of imide groups is 1. The Morgan fingerprint density at radius 1 is 1.09 bits per heavy atom. The molecule has 1 aliphatic heterocycles. The number of carbonyl (C=O) groups is 3. The van der Waals surface area contributed by atoms with Crippen LogP contribution in [0, 0.1) is 11.8 Å². The van der Waals surface area contributed by atoms with Crippen LogP contribution >= 0.6 is 23.4 Å². The number of thioether (sulfide) groups is 1. The fourth-order valence-corrected chi connectivity index (χ4v) is 5.44. The zero-order valence-electron chi connectivity index (χ0n) is 18.8. The van der Waals surface area contributed by atoms with Crippen molar-refractivity contribution in [3.05, 3.63) is 33.7 Å². The van der Waals surface area contributed by atoms with Gasteiger partial charge in [0.15, 0.2) is 0 Å². The van der Waals surface area contributed by atoms with Gasteiger partial charge in [0.1, 0.15) is 5.75 Å². The smallest absolute Gasteiger partial charge is 0.303 e. The molecule has 2 N–H and O–H groups in total. The molecule has 6 nitrogen and oxygen atoms in total. The lowest BCUT2D eigenvalue weighted by molar-refractivity contribution is -0.137. The molecule has 0 atom stereocenters. The van der Waals surface area contributed by atoms with Crippen LogP contribution in [0.5, 0.6) is 5.75 Å². The van der Waals surface area contributed by atoms with Crippen molar-refractivity contribution < 1.29 is 24.2 Å². The number of amides is 2. The minimum absolute atomic E-state index is 0.354. The molecule has 2 aliphatic carbocycles. The van der Waals surface area contributed by atoms with Gasteiger partial charge < -0.3 is 9.84 Å². The molecule has 3 fully saturated rings. The molecule has 1 aromatic rings. The van der Waals surface area contributed by atoms with Gasteiger partial charge in [0, 0.05) is 6.42 Å². The maximum atomic E-state index is 11.5. The van der Waals surface area contributed by atoms with Gasteiger partial charge >= 0.3 is 5.97 Å². The lowest BCUT2D eigenvalue weighted by atomic mass is 10.0. The molecule has 180 valence electrons. The van der Waals surface area contributed by atoms with E-state index in [0.717, 1.165) is 42.2 Å². The second-order valence-electron chi connectivity index (χ2n) is 8.91. The highest BCUT2D eigenvalue weighted by molar-refractivity contribution is 8.18. The van der Waals surface area contributed by atoms with Gasteiger partial charge in [-0.05, 0) is 66.3 Å². The van der Waals surface area contributed by atoms with Crippen molar-refractivity contribution in [3.8, 4) is 5.75 Å². The molecule has 0 unspecified atom stereocenters. The second-order valence-corrected chi connectivity index (χ2v) is 10.3. The Morgan fingerprint density at radius 2 is 1.73 bits per heavy atom. The number of benzene rings is 1. The number of hydrogen-bond acceptors (Lipinski definition) is 5. The SMILES string of the molecule is O=C(O)CCC1CCCC1.O=C1NC(=O)/C(=C/c2ccc(OCCC3CCCC3)cc2Cl)S1. The van der Waals surface area contributed by atoms with Crippen LogP contribution in [0.4, 0.5) is 4.79 Å². The molecule has 4 rings (SSSR count). The van der Waals surface area contributed by atoms with Crippen molar-refractivity contribution in [2.24, 2.45) is 11.8 Å². The van der Waals surface area contributed by atoms with E-state index in [4.69, 9.17) is 21.4 Å². The maximum absolute atomic E-state index is 11.5. The van der Waals surface area contributed by atoms with Crippen molar-refractivity contribution in [2.75, 3.05) is 6.61 Å². The van der Waals surface area contributed by atoms with Crippen molar-refractivity contribution in [2.45, 2.75) is 70.6 Å². The van der Waals surface area contributed by atoms with Crippen LogP contribution in [-0.4, -0.2) is 28.8 Å². The molecule has 3 aliphatic rings. The lowest BCUT2D eigenvalue weighted by Crippen LogP contribution is -2.17. The summed E-state index contributed by atoms with van der Waals surface area (Å²) in [4.78, 5) is 33.2. The minimum atomic E-state index is -0.646. The monoisotopic (exact) mass is 493 g/mol. The Kier molecular flexibility index (Phi) is 10.1. The first kappa shape index (κ1) is 25.6. The molecule has 1 aromatic carbocycles. The average Bonchev–Trinajstić information content (AvgIpc) is 3.53. The highest BCUT2D eigenvalue weighted by atomic mass is 35.5. The Labute approximate surface area is 204 Å². The van der Waals surface area contributed by atoms with Gasteiger partial charge in [0.25, 0.3) is 11.1 Å². The third-order valence-corrected chi connectivity index (χ3v) is 7.55. The summed E-state index contributed by atoms with van der Waals surface area (Å²) in [5.41, 5.74) is 0.696. The van der Waals surface area contributed by atoms with Gasteiger partial charge in [0.2, 0.25) is 0 Å². The molecule has 0 bridgehead atoms. The molecule has 0 aromatic heterocycles. The second kappa shape index (κ2) is 13.0. The molecule has 1 saturated heterocycles. The van der Waals surface area contributed by atoms with E-state index in [1.807, 2.05) is 6.07 Å². The standard InChI is InChI=1S/C17H18ClNO3S.C8H14O2/c18-14-10-13(22-8-7-11-3-1-2-4-11)6-5-12(14)9-15-16(20)19-17(21)23-15;9-8(10)6-5-7-3-1-2-4-7/h5-6,9-11H,1-4,7-8H2,(H,19,20,21);7H,1-6H2,(H,9,10)/b15-9-;. The van der Waals surface area contributed by atoms with Gasteiger partial charge in [-0.1, -0.05) is 63.0 Å². The van der Waals surface area contributed by atoms with Gasteiger partial charge in [-0.25, -0.2) is 0 Å². The molecule has 2 amide bonds. The topological polar surface area (TPSA) is 92.7 Å². The number of nitrogens with one attached hydrogen (secondary N) is 1. The van der Waals surface area contributed by atoms with E-state index >= 15 is 0 Å². The van der Waals surface area contributed by atoms with Crippen molar-refractivity contribution in [3.63, 3.8) is 0 Å². The first-order valence-electron chi connectivity index (χ1n) is 11.8. The number of rotatable bonds is 8. The third kappa shape index (κ3) is 8.70. The lowest BCUT2D eigenvalue weighted by Gasteiger charge is -2.11. The molecule has 1 heterocycles. The summed E-state index contributed by atoms with van der Waals surface area (Å²) < 4.78 is 5.77. The predicted molar refractivity (Wildman–Crippen MR) is 131 cm³/mol. The Balaban J connectivity index is 0.000000257. The summed E-state index contributed by atoms with van der Waals surface area (Å²) in [6.07, 6.45) is 14.4. The number of hydrogen-bond donors (Lipinski definition) is 2. The largest absolute Gasteiger partial charge is 0.494 e. The van der Waals surface area contributed by atoms with E-state index in [0.29, 0.717) is 28.5 Å². The molecule has 0 radical (unpaired) electrons. The van der Waals surface area contributed by atoms with Gasteiger partial charge in [-0.15, -0.1) is 0 Å². The summed E-state index contributed by atoms with van der Waals surface area (Å²) in [7, 11) is 0. The molecule has 8 heteroatoms. The fraction of sp³-hybridized carbons (Fsp3) is 0.560. The summed E-state index contributed by atoms with van der Waals surface area (Å²) in [6, 6.07) is 5.39. The number of halogens is 1. The van der Waals surface area contributed by atoms with E-state index in [1.54, 1.807) is 18.2 Å². The maximum Gasteiger partial charge on any atom is 0.303 e. The summed E-state index contributed by atoms with van der Waals surface area (Å²) in [5.74, 6) is 1.22. The highest BCUT2D eigenvalue weighted by Gasteiger charge is 2.25. The third-order valence-electron chi connectivity index (χ3n) is 6.41. The quantitative estimate of drug-likeness (QED) is 0.393. The zero-order valence-corrected chi connectivity index (χ0v) is 20.4. The first-order valence-corrected chi connectivity index (χ1v) is 13.0. The minimum Gasteiger partial charge on any atom is -0.494 e. The normalized spacial score (nSPS) is 20.1. The van der Waals surface area contributed by atoms with Crippen LogP contribution in [-0.2, 0) is 9.59 Å². The average molecular weight is 494 g/mol. The number of ether oxygens (including phenoxy) is 1. The Hall–Kier alpha value is -1.99. The molecular formula is C25H32ClNO5S. The van der Waals surface area contributed by atoms with Crippen molar-refractivity contribution in [1.29, 1.82) is 0 Å². The summed E-state index contributed by atoms with van der Waals surface area (Å²) >= 11 is 7.13. The Bertz CT molecular complexity index is 876. The van der Waals surface area contributed by atoms with Crippen LogP contribution in [0.15, 0.2) is 23.1 Å². The van der Waals surface area contributed by atoms with E-state index in [9.17, 15) is 14.4 Å². The van der Waals surface area contributed by atoms with Gasteiger partial charge in [0.05, 0.1) is 16.5 Å². The van der Waals surface area contributed by atoms with E-state index in [1.165, 1.54) is 51.4 Å². The van der Waals surface area contributed by atoms with Gasteiger partial charge in [-0.2, -0.15) is 0 Å². The molecule has 33 heavy (non-hydrogen) atoms. The number of carboxylic acid groups (broad SMARTS) is 1. The number of carboxylic acids is 1. The van der Waals surface area contributed by atoms with Crippen molar-refractivity contribution in [1.82, 2.24) is 5.32 Å². The predicted octanol–water partition coefficient (Wildman–Crippen LogP) is 6.66. The molecular weight excluding hydrogens is 462 g/mol. The zero-order chi connectivity index (χ0) is 23.6. The van der Waals surface area contributed by atoms with Crippen molar-refractivity contribution >= 4 is 46.6 Å². The van der Waals surface area contributed by atoms with Gasteiger partial charge in [-0.3, -0.25) is 19.7 Å². The number of carbonyl (C=O) groups excluding carboxylic acids is 2. The van der Waals surface area contributed by atoms with E-state index in [2.05, 4.69) is 5.32 Å². The summed E-state index contributed by atoms with van der Waals surface area (Å²) in [5, 5.41) is 10.7. The highest BCUT2D eigenvalue weighted by Crippen LogP contribution is 2.31. The van der Waals surface area contributed by atoms with Crippen LogP contribution in [0.25, 0.3) is 6.08 Å². The molecule has 2 saturated carbocycles. The van der Waals surface area contributed by atoms with Crippen LogP contribution in [0.3, 0.4) is 0 Å². The Morgan fingerprint density at radius 3 is 2.27 bits per heavy atom. The van der Waals surface area contributed by atoms with E-state index < -0.39 is 5.97 Å². The number of aliphatic carboxylic acids is 1. The van der Waals surface area contributed by atoms with Crippen LogP contribution < -0.4 is 10.1 Å². The van der Waals surface area contributed by atoms with Crippen LogP contribution in [0.2, 0.25) is 5.02 Å². The fourth-order valence-electron chi connectivity index (χ4n) is 4.55.